The Balaban J connectivity index is 2.60. The summed E-state index contributed by atoms with van der Waals surface area (Å²) in [4.78, 5) is 0. The summed E-state index contributed by atoms with van der Waals surface area (Å²) in [6.07, 6.45) is 0.380. The van der Waals surface area contributed by atoms with E-state index in [1.54, 1.807) is 6.92 Å². The van der Waals surface area contributed by atoms with E-state index in [1.807, 2.05) is 6.92 Å². The number of ether oxygens (including phenoxy) is 1. The molecule has 0 radical (unpaired) electrons. The van der Waals surface area contributed by atoms with Crippen LogP contribution in [0.4, 0.5) is 0 Å². The Morgan fingerprint density at radius 2 is 2.30 bits per heavy atom. The molecule has 10 heavy (non-hydrogen) atoms. The van der Waals surface area contributed by atoms with Gasteiger partial charge in [0, 0.05) is 5.92 Å². The zero-order valence-electron chi connectivity index (χ0n) is 6.50. The van der Waals surface area contributed by atoms with Crippen molar-refractivity contribution in [2.75, 3.05) is 6.61 Å². The molecule has 0 spiro atoms. The van der Waals surface area contributed by atoms with Crippen LogP contribution < -0.4 is 5.73 Å². The number of rotatable bonds is 0. The van der Waals surface area contributed by atoms with Crippen molar-refractivity contribution in [3.8, 4) is 0 Å². The number of hydrogen-bond acceptors (Lipinski definition) is 3. The van der Waals surface area contributed by atoms with Gasteiger partial charge in [0.1, 0.15) is 6.23 Å². The topological polar surface area (TPSA) is 55.5 Å². The van der Waals surface area contributed by atoms with Crippen LogP contribution in [0.5, 0.6) is 0 Å². The van der Waals surface area contributed by atoms with Crippen molar-refractivity contribution in [3.63, 3.8) is 0 Å². The molecule has 1 saturated heterocycles. The maximum absolute atomic E-state index is 9.65. The molecule has 0 aliphatic carbocycles. The minimum Gasteiger partial charge on any atom is -0.390 e. The zero-order chi connectivity index (χ0) is 7.78. The standard InChI is InChI=1S/C7H15NO2/c1-5-6(8)10-4-3-7(5,2)9/h5-6,9H,3-4,8H2,1-2H3. The van der Waals surface area contributed by atoms with E-state index in [0.717, 1.165) is 0 Å². The van der Waals surface area contributed by atoms with E-state index >= 15 is 0 Å². The lowest BCUT2D eigenvalue weighted by Crippen LogP contribution is -2.50. The maximum Gasteiger partial charge on any atom is 0.110 e. The van der Waals surface area contributed by atoms with Crippen molar-refractivity contribution in [2.45, 2.75) is 32.1 Å². The molecule has 1 rings (SSSR count). The van der Waals surface area contributed by atoms with Gasteiger partial charge < -0.3 is 15.6 Å². The molecular weight excluding hydrogens is 130 g/mol. The average Bonchev–Trinajstić information content (AvgIpc) is 1.83. The van der Waals surface area contributed by atoms with Crippen molar-refractivity contribution in [2.24, 2.45) is 11.7 Å². The fourth-order valence-electron chi connectivity index (χ4n) is 1.13. The summed E-state index contributed by atoms with van der Waals surface area (Å²) in [6.45, 7) is 4.28. The van der Waals surface area contributed by atoms with Gasteiger partial charge >= 0.3 is 0 Å². The summed E-state index contributed by atoms with van der Waals surface area (Å²) in [5.74, 6) is 0.0289. The lowest BCUT2D eigenvalue weighted by molar-refractivity contribution is -0.135. The third kappa shape index (κ3) is 1.31. The molecule has 0 aromatic carbocycles. The van der Waals surface area contributed by atoms with Crippen molar-refractivity contribution < 1.29 is 9.84 Å². The minimum atomic E-state index is -0.641. The van der Waals surface area contributed by atoms with Gasteiger partial charge in [-0.05, 0) is 13.3 Å². The van der Waals surface area contributed by atoms with Gasteiger partial charge in [-0.2, -0.15) is 0 Å². The minimum absolute atomic E-state index is 0.0289. The second-order valence-corrected chi connectivity index (χ2v) is 3.23. The first-order valence-electron chi connectivity index (χ1n) is 3.63. The van der Waals surface area contributed by atoms with Crippen LogP contribution in [0.15, 0.2) is 0 Å². The fraction of sp³-hybridized carbons (Fsp3) is 1.00. The summed E-state index contributed by atoms with van der Waals surface area (Å²) in [5.41, 5.74) is 4.93. The molecule has 3 N–H and O–H groups in total. The molecule has 3 atom stereocenters. The van der Waals surface area contributed by atoms with E-state index in [1.165, 1.54) is 0 Å². The van der Waals surface area contributed by atoms with Crippen LogP contribution in [0.1, 0.15) is 20.3 Å². The van der Waals surface area contributed by atoms with Crippen LogP contribution in [0, 0.1) is 5.92 Å². The van der Waals surface area contributed by atoms with Crippen LogP contribution in [-0.4, -0.2) is 23.5 Å². The van der Waals surface area contributed by atoms with Gasteiger partial charge in [-0.3, -0.25) is 0 Å². The van der Waals surface area contributed by atoms with Crippen molar-refractivity contribution in [1.29, 1.82) is 0 Å². The highest BCUT2D eigenvalue weighted by Gasteiger charge is 2.36. The highest BCUT2D eigenvalue weighted by Crippen LogP contribution is 2.27. The van der Waals surface area contributed by atoms with Crippen molar-refractivity contribution in [1.82, 2.24) is 0 Å². The normalized spacial score (nSPS) is 49.2. The SMILES string of the molecule is CC1C(N)OCCC1(C)O. The second kappa shape index (κ2) is 2.49. The number of aliphatic hydroxyl groups is 1. The quantitative estimate of drug-likeness (QED) is 0.507. The Bertz CT molecular complexity index is 125. The predicted molar refractivity (Wildman–Crippen MR) is 38.3 cm³/mol. The third-order valence-corrected chi connectivity index (χ3v) is 2.39. The summed E-state index contributed by atoms with van der Waals surface area (Å²) in [7, 11) is 0. The monoisotopic (exact) mass is 145 g/mol. The third-order valence-electron chi connectivity index (χ3n) is 2.39. The van der Waals surface area contributed by atoms with Gasteiger partial charge in [0.25, 0.3) is 0 Å². The van der Waals surface area contributed by atoms with E-state index in [2.05, 4.69) is 0 Å². The van der Waals surface area contributed by atoms with E-state index in [0.29, 0.717) is 13.0 Å². The largest absolute Gasteiger partial charge is 0.390 e. The molecule has 3 unspecified atom stereocenters. The van der Waals surface area contributed by atoms with Gasteiger partial charge in [-0.1, -0.05) is 6.92 Å². The van der Waals surface area contributed by atoms with E-state index in [-0.39, 0.29) is 12.1 Å². The number of nitrogens with two attached hydrogens (primary N) is 1. The summed E-state index contributed by atoms with van der Waals surface area (Å²) in [6, 6.07) is 0. The molecule has 3 heteroatoms. The van der Waals surface area contributed by atoms with Crippen LogP contribution in [0.3, 0.4) is 0 Å². The Kier molecular flexibility index (Phi) is 1.99. The maximum atomic E-state index is 9.65. The molecule has 0 aromatic rings. The molecule has 3 nitrogen and oxygen atoms in total. The number of hydrogen-bond donors (Lipinski definition) is 2. The van der Waals surface area contributed by atoms with Gasteiger partial charge in [0.2, 0.25) is 0 Å². The van der Waals surface area contributed by atoms with Gasteiger partial charge in [-0.25, -0.2) is 0 Å². The summed E-state index contributed by atoms with van der Waals surface area (Å²) in [5, 5.41) is 9.65. The lowest BCUT2D eigenvalue weighted by Gasteiger charge is -2.38. The van der Waals surface area contributed by atoms with Gasteiger partial charge in [0.05, 0.1) is 12.2 Å². The van der Waals surface area contributed by atoms with Crippen LogP contribution >= 0.6 is 0 Å². The van der Waals surface area contributed by atoms with E-state index in [4.69, 9.17) is 10.5 Å². The predicted octanol–water partition coefficient (Wildman–Crippen LogP) is 0.0786. The molecule has 0 aromatic heterocycles. The molecule has 1 fully saturated rings. The molecule has 0 saturated carbocycles. The first kappa shape index (κ1) is 7.98. The Hall–Kier alpha value is -0.120. The Labute approximate surface area is 61.2 Å². The molecule has 1 aliphatic rings. The highest BCUT2D eigenvalue weighted by molar-refractivity contribution is 4.85. The highest BCUT2D eigenvalue weighted by atomic mass is 16.5. The first-order valence-corrected chi connectivity index (χ1v) is 3.63. The molecule has 1 aliphatic heterocycles. The van der Waals surface area contributed by atoms with Crippen LogP contribution in [-0.2, 0) is 4.74 Å². The molecular formula is C7H15NO2. The molecule has 1 heterocycles. The van der Waals surface area contributed by atoms with Gasteiger partial charge in [0.15, 0.2) is 0 Å². The molecule has 0 amide bonds. The Morgan fingerprint density at radius 1 is 1.70 bits per heavy atom. The smallest absolute Gasteiger partial charge is 0.110 e. The average molecular weight is 145 g/mol. The fourth-order valence-corrected chi connectivity index (χ4v) is 1.13. The first-order chi connectivity index (χ1) is 4.54. The molecule has 0 bridgehead atoms. The van der Waals surface area contributed by atoms with Gasteiger partial charge in [-0.15, -0.1) is 0 Å². The van der Waals surface area contributed by atoms with E-state index in [9.17, 15) is 5.11 Å². The van der Waals surface area contributed by atoms with Crippen molar-refractivity contribution in [3.05, 3.63) is 0 Å². The molecule has 60 valence electrons. The summed E-state index contributed by atoms with van der Waals surface area (Å²) >= 11 is 0. The van der Waals surface area contributed by atoms with Crippen molar-refractivity contribution >= 4 is 0 Å². The van der Waals surface area contributed by atoms with Crippen LogP contribution in [0.2, 0.25) is 0 Å². The lowest BCUT2D eigenvalue weighted by atomic mass is 9.85. The second-order valence-electron chi connectivity index (χ2n) is 3.23. The zero-order valence-corrected chi connectivity index (χ0v) is 6.50. The van der Waals surface area contributed by atoms with E-state index < -0.39 is 5.60 Å². The summed E-state index contributed by atoms with van der Waals surface area (Å²) < 4.78 is 5.14. The Morgan fingerprint density at radius 3 is 2.70 bits per heavy atom. The van der Waals surface area contributed by atoms with Crippen LogP contribution in [0.25, 0.3) is 0 Å².